The maximum absolute atomic E-state index is 15.4. The molecule has 3 aromatic carbocycles. The van der Waals surface area contributed by atoms with E-state index < -0.39 is 11.6 Å². The summed E-state index contributed by atoms with van der Waals surface area (Å²) in [4.78, 5) is 17.3. The fraction of sp³-hybridized carbons (Fsp3) is 0.160. The number of halogens is 1. The summed E-state index contributed by atoms with van der Waals surface area (Å²) < 4.78 is 33.6. The molecular formula is C25H21FN4O4S2. The molecule has 0 radical (unpaired) electrons. The van der Waals surface area contributed by atoms with Crippen molar-refractivity contribution in [2.45, 2.75) is 24.4 Å². The number of aromatic nitrogens is 3. The van der Waals surface area contributed by atoms with Crippen LogP contribution in [0.15, 0.2) is 81.1 Å². The molecule has 1 N–H and O–H groups in total. The van der Waals surface area contributed by atoms with Gasteiger partial charge in [0, 0.05) is 35.3 Å². The van der Waals surface area contributed by atoms with E-state index in [-0.39, 0.29) is 28.8 Å². The molecule has 0 amide bonds. The van der Waals surface area contributed by atoms with Gasteiger partial charge in [-0.1, -0.05) is 30.3 Å². The van der Waals surface area contributed by atoms with E-state index in [0.29, 0.717) is 16.4 Å². The van der Waals surface area contributed by atoms with Gasteiger partial charge in [0.25, 0.3) is 0 Å². The zero-order valence-electron chi connectivity index (χ0n) is 19.3. The maximum atomic E-state index is 15.4. The highest BCUT2D eigenvalue weighted by Gasteiger charge is 2.22. The molecule has 0 aliphatic rings. The molecule has 8 nitrogen and oxygen atoms in total. The van der Waals surface area contributed by atoms with Crippen molar-refractivity contribution >= 4 is 39.7 Å². The number of fused-ring (bicyclic) bond motifs is 1. The van der Waals surface area contributed by atoms with Crippen LogP contribution in [-0.2, 0) is 6.54 Å². The van der Waals surface area contributed by atoms with E-state index in [0.717, 1.165) is 34.6 Å². The van der Waals surface area contributed by atoms with Crippen molar-refractivity contribution < 1.29 is 18.7 Å². The van der Waals surface area contributed by atoms with Gasteiger partial charge in [-0.2, -0.15) is 4.37 Å². The van der Waals surface area contributed by atoms with Crippen LogP contribution in [0, 0.1) is 5.82 Å². The quantitative estimate of drug-likeness (QED) is 0.261. The lowest BCUT2D eigenvalue weighted by Crippen LogP contribution is -2.19. The van der Waals surface area contributed by atoms with E-state index in [1.165, 1.54) is 36.2 Å². The fourth-order valence-corrected chi connectivity index (χ4v) is 5.43. The van der Waals surface area contributed by atoms with Crippen molar-refractivity contribution in [3.8, 4) is 11.5 Å². The van der Waals surface area contributed by atoms with Crippen molar-refractivity contribution in [2.24, 2.45) is 0 Å². The predicted octanol–water partition coefficient (Wildman–Crippen LogP) is 5.62. The molecule has 0 aliphatic heterocycles. The Balaban J connectivity index is 1.51. The van der Waals surface area contributed by atoms with E-state index >= 15 is 4.39 Å². The first-order chi connectivity index (χ1) is 17.4. The third-order valence-corrected chi connectivity index (χ3v) is 7.53. The van der Waals surface area contributed by atoms with Gasteiger partial charge in [-0.25, -0.2) is 14.2 Å². The van der Waals surface area contributed by atoms with Crippen molar-refractivity contribution in [3.05, 3.63) is 94.5 Å². The molecule has 2 heterocycles. The second-order valence-corrected chi connectivity index (χ2v) is 9.74. The average Bonchev–Trinajstić information content (AvgIpc) is 3.52. The first-order valence-electron chi connectivity index (χ1n) is 10.9. The number of rotatable bonds is 8. The van der Waals surface area contributed by atoms with Gasteiger partial charge in [-0.15, -0.1) is 0 Å². The second-order valence-electron chi connectivity index (χ2n) is 7.92. The Morgan fingerprint density at radius 2 is 2.03 bits per heavy atom. The molecule has 0 fully saturated rings. The highest BCUT2D eigenvalue weighted by molar-refractivity contribution is 8.00. The summed E-state index contributed by atoms with van der Waals surface area (Å²) >= 11 is 2.26. The summed E-state index contributed by atoms with van der Waals surface area (Å²) in [5, 5.41) is 10.3. The van der Waals surface area contributed by atoms with Gasteiger partial charge in [-0.05, 0) is 36.6 Å². The van der Waals surface area contributed by atoms with Crippen molar-refractivity contribution in [3.63, 3.8) is 0 Å². The second kappa shape index (κ2) is 10.0. The smallest absolute Gasteiger partial charge is 0.420 e. The van der Waals surface area contributed by atoms with Gasteiger partial charge < -0.3 is 14.3 Å². The Kier molecular flexibility index (Phi) is 6.66. The maximum Gasteiger partial charge on any atom is 0.420 e. The lowest BCUT2D eigenvalue weighted by Gasteiger charge is -2.21. The van der Waals surface area contributed by atoms with E-state index in [2.05, 4.69) is 9.36 Å². The minimum Gasteiger partial charge on any atom is -0.508 e. The number of hydrogen-bond acceptors (Lipinski definition) is 9. The molecule has 0 bridgehead atoms. The molecule has 11 heteroatoms. The van der Waals surface area contributed by atoms with E-state index in [1.54, 1.807) is 16.4 Å². The SMILES string of the molecule is COc1cc(O)ccc1CN(Sc1cc2oc(=O)n(C(C)c3ccccc3)c2cc1F)c1ncns1. The van der Waals surface area contributed by atoms with Gasteiger partial charge in [0.2, 0.25) is 5.13 Å². The highest BCUT2D eigenvalue weighted by Crippen LogP contribution is 2.37. The Labute approximate surface area is 213 Å². The first kappa shape index (κ1) is 23.9. The third kappa shape index (κ3) is 4.67. The molecule has 0 saturated carbocycles. The van der Waals surface area contributed by atoms with Gasteiger partial charge in [0.05, 0.1) is 30.1 Å². The Hall–Kier alpha value is -3.83. The molecule has 184 valence electrons. The van der Waals surface area contributed by atoms with Crippen LogP contribution in [0.3, 0.4) is 0 Å². The third-order valence-electron chi connectivity index (χ3n) is 5.69. The van der Waals surface area contributed by atoms with Crippen molar-refractivity contribution in [1.29, 1.82) is 0 Å². The number of aromatic hydroxyl groups is 1. The number of hydrogen-bond donors (Lipinski definition) is 1. The van der Waals surface area contributed by atoms with Crippen LogP contribution in [0.5, 0.6) is 11.5 Å². The van der Waals surface area contributed by atoms with Crippen molar-refractivity contribution in [2.75, 3.05) is 11.4 Å². The minimum atomic E-state index is -0.558. The molecule has 0 spiro atoms. The number of benzene rings is 3. The van der Waals surface area contributed by atoms with Crippen LogP contribution in [-0.4, -0.2) is 26.1 Å². The van der Waals surface area contributed by atoms with Crippen molar-refractivity contribution in [1.82, 2.24) is 13.9 Å². The topological polar surface area (TPSA) is 93.6 Å². The molecule has 5 aromatic rings. The Morgan fingerprint density at radius 1 is 1.22 bits per heavy atom. The lowest BCUT2D eigenvalue weighted by molar-refractivity contribution is 0.403. The fourth-order valence-electron chi connectivity index (χ4n) is 3.91. The molecule has 36 heavy (non-hydrogen) atoms. The minimum absolute atomic E-state index is 0.0755. The van der Waals surface area contributed by atoms with Crippen LogP contribution in [0.2, 0.25) is 0 Å². The van der Waals surface area contributed by atoms with Crippen LogP contribution < -0.4 is 14.8 Å². The predicted molar refractivity (Wildman–Crippen MR) is 137 cm³/mol. The lowest BCUT2D eigenvalue weighted by atomic mass is 10.1. The molecule has 1 atom stereocenters. The Bertz CT molecular complexity index is 1550. The largest absolute Gasteiger partial charge is 0.508 e. The summed E-state index contributed by atoms with van der Waals surface area (Å²) in [6, 6.07) is 16.8. The van der Waals surface area contributed by atoms with Crippen LogP contribution >= 0.6 is 23.5 Å². The van der Waals surface area contributed by atoms with Gasteiger partial charge in [0.1, 0.15) is 23.6 Å². The zero-order valence-corrected chi connectivity index (χ0v) is 20.9. The van der Waals surface area contributed by atoms with Crippen LogP contribution in [0.1, 0.15) is 24.1 Å². The van der Waals surface area contributed by atoms with Crippen LogP contribution in [0.25, 0.3) is 11.1 Å². The molecule has 5 rings (SSSR count). The molecular weight excluding hydrogens is 503 g/mol. The molecule has 1 unspecified atom stereocenters. The average molecular weight is 525 g/mol. The number of phenols is 1. The number of ether oxygens (including phenoxy) is 1. The Morgan fingerprint density at radius 3 is 2.75 bits per heavy atom. The number of anilines is 1. The summed E-state index contributed by atoms with van der Waals surface area (Å²) in [7, 11) is 1.51. The highest BCUT2D eigenvalue weighted by atomic mass is 32.2. The monoisotopic (exact) mass is 524 g/mol. The van der Waals surface area contributed by atoms with Crippen LogP contribution in [0.4, 0.5) is 9.52 Å². The van der Waals surface area contributed by atoms with E-state index in [9.17, 15) is 9.90 Å². The van der Waals surface area contributed by atoms with Gasteiger partial charge >= 0.3 is 5.76 Å². The summed E-state index contributed by atoms with van der Waals surface area (Å²) in [6.07, 6.45) is 1.42. The summed E-state index contributed by atoms with van der Waals surface area (Å²) in [5.74, 6) is -0.502. The molecule has 2 aromatic heterocycles. The van der Waals surface area contributed by atoms with Gasteiger partial charge in [0.15, 0.2) is 5.58 Å². The number of phenolic OH excluding ortho intramolecular Hbond substituents is 1. The zero-order chi connectivity index (χ0) is 25.2. The first-order valence-corrected chi connectivity index (χ1v) is 12.5. The van der Waals surface area contributed by atoms with E-state index in [1.807, 2.05) is 37.3 Å². The van der Waals surface area contributed by atoms with E-state index in [4.69, 9.17) is 9.15 Å². The van der Waals surface area contributed by atoms with Gasteiger partial charge in [-0.3, -0.25) is 8.87 Å². The molecule has 0 aliphatic carbocycles. The number of oxazole rings is 1. The summed E-state index contributed by atoms with van der Waals surface area (Å²) in [6.45, 7) is 2.16. The standard InChI is InChI=1S/C25H21FN4O4S2/c1-15(16-6-4-3-5-7-16)30-20-11-19(26)23(12-22(20)34-25(30)32)36-29(24-27-14-28-35-24)13-17-8-9-18(31)10-21(17)33-2/h3-12,14-15,31H,13H2,1-2H3. The summed E-state index contributed by atoms with van der Waals surface area (Å²) in [5.41, 5.74) is 2.33. The number of methoxy groups -OCH3 is 1. The normalized spacial score (nSPS) is 12.1. The molecule has 0 saturated heterocycles. The number of nitrogens with zero attached hydrogens (tertiary/aromatic N) is 4.